The summed E-state index contributed by atoms with van der Waals surface area (Å²) in [7, 11) is 0. The Labute approximate surface area is 250 Å². The molecule has 0 radical (unpaired) electrons. The Hall–Kier alpha value is -5.12. The topological polar surface area (TPSA) is 140 Å². The Morgan fingerprint density at radius 1 is 0.953 bits per heavy atom. The van der Waals surface area contributed by atoms with Gasteiger partial charge in [-0.2, -0.15) is 0 Å². The number of benzene rings is 3. The molecule has 3 amide bonds. The molecule has 3 aromatic carbocycles. The molecule has 43 heavy (non-hydrogen) atoms. The van der Waals surface area contributed by atoms with Crippen LogP contribution in [0.2, 0.25) is 0 Å². The van der Waals surface area contributed by atoms with Gasteiger partial charge in [-0.15, -0.1) is 0 Å². The Bertz CT molecular complexity index is 1510. The maximum absolute atomic E-state index is 14.0. The second-order valence-corrected chi connectivity index (χ2v) is 10.5. The zero-order chi connectivity index (χ0) is 30.2. The molecule has 1 aliphatic heterocycles. The van der Waals surface area contributed by atoms with Crippen LogP contribution in [0.1, 0.15) is 42.5 Å². The fourth-order valence-electron chi connectivity index (χ4n) is 5.32. The van der Waals surface area contributed by atoms with Crippen molar-refractivity contribution in [3.63, 3.8) is 0 Å². The molecule has 0 saturated carbocycles. The van der Waals surface area contributed by atoms with Crippen molar-refractivity contribution in [1.82, 2.24) is 20.2 Å². The van der Waals surface area contributed by atoms with Gasteiger partial charge in [0.2, 0.25) is 17.7 Å². The van der Waals surface area contributed by atoms with Gasteiger partial charge in [0.1, 0.15) is 29.3 Å². The van der Waals surface area contributed by atoms with Crippen LogP contribution < -0.4 is 20.5 Å². The number of hydrogen-bond acceptors (Lipinski definition) is 6. The van der Waals surface area contributed by atoms with Crippen LogP contribution in [0, 0.1) is 0 Å². The molecule has 0 aliphatic carbocycles. The molecule has 10 nitrogen and oxygen atoms in total. The van der Waals surface area contributed by atoms with E-state index in [0.717, 1.165) is 22.6 Å². The van der Waals surface area contributed by atoms with Gasteiger partial charge in [0, 0.05) is 37.2 Å². The molecule has 5 rings (SSSR count). The normalized spacial score (nSPS) is 17.3. The summed E-state index contributed by atoms with van der Waals surface area (Å²) in [6.45, 7) is 2.68. The minimum absolute atomic E-state index is 0.00906. The van der Waals surface area contributed by atoms with Crippen LogP contribution >= 0.6 is 0 Å². The standard InChI is InChI=1S/C33H35N5O5/c1-2-42-25-12-8-22(9-13-25)16-28-33(41)38(20-23-10-14-27(15-11-23)43-26-6-4-3-5-7-26)30(32(40)37-28)17-24(18-31(34)39)29-19-35-21-36-29/h3-15,19,21,24,28,30H,2,16-18,20H2,1H3,(H2,34,39)(H,35,36)(H,37,40). The molecule has 3 unspecified atom stereocenters. The van der Waals surface area contributed by atoms with Crippen LogP contribution in [0.3, 0.4) is 0 Å². The molecule has 10 heteroatoms. The molecular weight excluding hydrogens is 546 g/mol. The molecule has 3 atom stereocenters. The van der Waals surface area contributed by atoms with Crippen LogP contribution in [0.15, 0.2) is 91.4 Å². The highest BCUT2D eigenvalue weighted by Gasteiger charge is 2.42. The van der Waals surface area contributed by atoms with Gasteiger partial charge in [0.05, 0.1) is 12.9 Å². The number of H-pyrrole nitrogens is 1. The number of aromatic amines is 1. The highest BCUT2D eigenvalue weighted by molar-refractivity contribution is 5.97. The Morgan fingerprint density at radius 2 is 1.63 bits per heavy atom. The van der Waals surface area contributed by atoms with Gasteiger partial charge >= 0.3 is 0 Å². The number of rotatable bonds is 13. The van der Waals surface area contributed by atoms with Crippen molar-refractivity contribution in [3.8, 4) is 17.2 Å². The number of para-hydroxylation sites is 1. The number of primary amides is 1. The molecule has 1 aliphatic rings. The fraction of sp³-hybridized carbons (Fsp3) is 0.273. The lowest BCUT2D eigenvalue weighted by atomic mass is 9.89. The van der Waals surface area contributed by atoms with Gasteiger partial charge in [0.15, 0.2) is 0 Å². The monoisotopic (exact) mass is 581 g/mol. The third-order valence-corrected chi connectivity index (χ3v) is 7.42. The van der Waals surface area contributed by atoms with Gasteiger partial charge in [-0.1, -0.05) is 42.5 Å². The van der Waals surface area contributed by atoms with Crippen molar-refractivity contribution in [2.24, 2.45) is 5.73 Å². The van der Waals surface area contributed by atoms with E-state index in [-0.39, 0.29) is 31.2 Å². The molecule has 4 N–H and O–H groups in total. The van der Waals surface area contributed by atoms with Gasteiger partial charge < -0.3 is 30.4 Å². The van der Waals surface area contributed by atoms with E-state index in [9.17, 15) is 14.4 Å². The SMILES string of the molecule is CCOc1ccc(CC2NC(=O)C(CC(CC(N)=O)c3cnc[nH]3)N(Cc3ccc(Oc4ccccc4)cc3)C2=O)cc1. The molecule has 0 bridgehead atoms. The van der Waals surface area contributed by atoms with Crippen LogP contribution in [0.25, 0.3) is 0 Å². The molecule has 222 valence electrons. The average Bonchev–Trinajstić information content (AvgIpc) is 3.54. The summed E-state index contributed by atoms with van der Waals surface area (Å²) in [6.07, 6.45) is 3.66. The van der Waals surface area contributed by atoms with E-state index in [1.54, 1.807) is 11.1 Å². The smallest absolute Gasteiger partial charge is 0.246 e. The predicted molar refractivity (Wildman–Crippen MR) is 160 cm³/mol. The molecule has 2 heterocycles. The van der Waals surface area contributed by atoms with E-state index < -0.39 is 23.9 Å². The van der Waals surface area contributed by atoms with E-state index >= 15 is 0 Å². The van der Waals surface area contributed by atoms with Crippen molar-refractivity contribution in [3.05, 3.63) is 108 Å². The van der Waals surface area contributed by atoms with Crippen LogP contribution in [0.5, 0.6) is 17.2 Å². The molecule has 1 aromatic heterocycles. The number of ether oxygens (including phenoxy) is 2. The van der Waals surface area contributed by atoms with Crippen molar-refractivity contribution in [1.29, 1.82) is 0 Å². The van der Waals surface area contributed by atoms with Gasteiger partial charge in [-0.3, -0.25) is 14.4 Å². The van der Waals surface area contributed by atoms with Crippen molar-refractivity contribution < 1.29 is 23.9 Å². The number of hydrogen-bond donors (Lipinski definition) is 3. The van der Waals surface area contributed by atoms with E-state index in [1.807, 2.05) is 85.8 Å². The average molecular weight is 582 g/mol. The van der Waals surface area contributed by atoms with E-state index in [2.05, 4.69) is 15.3 Å². The number of imidazole rings is 1. The Balaban J connectivity index is 1.38. The quantitative estimate of drug-likeness (QED) is 0.217. The molecule has 0 spiro atoms. The summed E-state index contributed by atoms with van der Waals surface area (Å²) >= 11 is 0. The molecular formula is C33H35N5O5. The summed E-state index contributed by atoms with van der Waals surface area (Å²) in [5, 5.41) is 2.94. The van der Waals surface area contributed by atoms with Gasteiger partial charge in [0.25, 0.3) is 0 Å². The number of carbonyl (C=O) groups is 3. The second kappa shape index (κ2) is 13.7. The van der Waals surface area contributed by atoms with E-state index in [0.29, 0.717) is 24.5 Å². The second-order valence-electron chi connectivity index (χ2n) is 10.5. The van der Waals surface area contributed by atoms with Gasteiger partial charge in [-0.25, -0.2) is 4.98 Å². The molecule has 1 fully saturated rings. The number of amides is 3. The lowest BCUT2D eigenvalue weighted by Gasteiger charge is -2.40. The predicted octanol–water partition coefficient (Wildman–Crippen LogP) is 4.09. The minimum atomic E-state index is -0.822. The van der Waals surface area contributed by atoms with Crippen molar-refractivity contribution in [2.45, 2.75) is 50.7 Å². The lowest BCUT2D eigenvalue weighted by Crippen LogP contribution is -2.63. The summed E-state index contributed by atoms with van der Waals surface area (Å²) in [4.78, 5) is 48.3. The zero-order valence-electron chi connectivity index (χ0n) is 23.9. The first-order valence-electron chi connectivity index (χ1n) is 14.3. The third kappa shape index (κ3) is 7.59. The zero-order valence-corrected chi connectivity index (χ0v) is 23.9. The number of carbonyl (C=O) groups excluding carboxylic acids is 3. The summed E-state index contributed by atoms with van der Waals surface area (Å²) in [6, 6.07) is 22.8. The highest BCUT2D eigenvalue weighted by atomic mass is 16.5. The highest BCUT2D eigenvalue weighted by Crippen LogP contribution is 2.29. The maximum Gasteiger partial charge on any atom is 0.246 e. The largest absolute Gasteiger partial charge is 0.494 e. The Kier molecular flexibility index (Phi) is 9.36. The number of piperazine rings is 1. The van der Waals surface area contributed by atoms with E-state index in [1.165, 1.54) is 6.33 Å². The van der Waals surface area contributed by atoms with Gasteiger partial charge in [-0.05, 0) is 60.9 Å². The van der Waals surface area contributed by atoms with Crippen LogP contribution in [-0.2, 0) is 27.3 Å². The van der Waals surface area contributed by atoms with Crippen LogP contribution in [-0.4, -0.2) is 51.3 Å². The number of nitrogens with one attached hydrogen (secondary N) is 2. The molecule has 1 saturated heterocycles. The number of nitrogens with two attached hydrogens (primary N) is 1. The number of aromatic nitrogens is 2. The van der Waals surface area contributed by atoms with E-state index in [4.69, 9.17) is 15.2 Å². The fourth-order valence-corrected chi connectivity index (χ4v) is 5.32. The third-order valence-electron chi connectivity index (χ3n) is 7.42. The van der Waals surface area contributed by atoms with Crippen molar-refractivity contribution >= 4 is 17.7 Å². The summed E-state index contributed by atoms with van der Waals surface area (Å²) in [5.41, 5.74) is 7.96. The maximum atomic E-state index is 14.0. The number of nitrogens with zero attached hydrogens (tertiary/aromatic N) is 2. The van der Waals surface area contributed by atoms with Crippen molar-refractivity contribution in [2.75, 3.05) is 6.61 Å². The summed E-state index contributed by atoms with van der Waals surface area (Å²) in [5.74, 6) is 0.703. The first kappa shape index (κ1) is 29.4. The first-order chi connectivity index (χ1) is 20.9. The lowest BCUT2D eigenvalue weighted by molar-refractivity contribution is -0.150. The summed E-state index contributed by atoms with van der Waals surface area (Å²) < 4.78 is 11.4. The first-order valence-corrected chi connectivity index (χ1v) is 14.3. The molecule has 4 aromatic rings. The van der Waals surface area contributed by atoms with Crippen LogP contribution in [0.4, 0.5) is 0 Å². The Morgan fingerprint density at radius 3 is 2.28 bits per heavy atom. The minimum Gasteiger partial charge on any atom is -0.494 e.